The maximum Gasteiger partial charge on any atom is 0.263 e. The van der Waals surface area contributed by atoms with Crippen molar-refractivity contribution in [2.75, 3.05) is 0 Å². The number of halogens is 2. The molecular formula is C16H12Cl2N2OS2. The molecule has 1 fully saturated rings. The van der Waals surface area contributed by atoms with Gasteiger partial charge in [0.05, 0.1) is 15.6 Å². The Morgan fingerprint density at radius 3 is 2.65 bits per heavy atom. The fourth-order valence-electron chi connectivity index (χ4n) is 2.52. The minimum absolute atomic E-state index is 0.161. The monoisotopic (exact) mass is 382 g/mol. The first-order chi connectivity index (χ1) is 10.9. The SMILES string of the molecule is Cc1cc(/C=C2\SC(=S)NC2=O)c(C)n1-c1cc(Cl)ccc1Cl. The molecule has 0 atom stereocenters. The summed E-state index contributed by atoms with van der Waals surface area (Å²) in [6.07, 6.45) is 1.84. The summed E-state index contributed by atoms with van der Waals surface area (Å²) in [5.41, 5.74) is 3.74. The van der Waals surface area contributed by atoms with Crippen molar-refractivity contribution in [3.05, 3.63) is 56.2 Å². The third-order valence-corrected chi connectivity index (χ3v) is 5.27. The van der Waals surface area contributed by atoms with E-state index in [2.05, 4.69) is 5.32 Å². The highest BCUT2D eigenvalue weighted by atomic mass is 35.5. The lowest BCUT2D eigenvalue weighted by molar-refractivity contribution is -0.115. The number of aromatic nitrogens is 1. The number of thioether (sulfide) groups is 1. The standard InChI is InChI=1S/C16H12Cl2N2OS2/c1-8-5-10(6-14-15(21)19-16(22)23-14)9(2)20(8)13-7-11(17)3-4-12(13)18/h3-7H,1-2H3,(H,19,21,22)/b14-6-. The molecule has 1 aliphatic heterocycles. The molecule has 0 aliphatic carbocycles. The molecule has 0 spiro atoms. The first kappa shape index (κ1) is 16.6. The molecular weight excluding hydrogens is 371 g/mol. The smallest absolute Gasteiger partial charge is 0.263 e. The Bertz CT molecular complexity index is 871. The van der Waals surface area contributed by atoms with Gasteiger partial charge in [0.15, 0.2) is 0 Å². The van der Waals surface area contributed by atoms with E-state index in [1.54, 1.807) is 12.1 Å². The van der Waals surface area contributed by atoms with Gasteiger partial charge in [0.25, 0.3) is 5.91 Å². The van der Waals surface area contributed by atoms with Gasteiger partial charge >= 0.3 is 0 Å². The molecule has 1 amide bonds. The summed E-state index contributed by atoms with van der Waals surface area (Å²) in [6, 6.07) is 7.36. The second kappa shape index (κ2) is 6.32. The number of hydrogen-bond donors (Lipinski definition) is 1. The van der Waals surface area contributed by atoms with Crippen molar-refractivity contribution in [2.45, 2.75) is 13.8 Å². The predicted octanol–water partition coefficient (Wildman–Crippen LogP) is 4.89. The Morgan fingerprint density at radius 2 is 2.00 bits per heavy atom. The number of carbonyl (C=O) groups excluding carboxylic acids is 1. The van der Waals surface area contributed by atoms with Crippen LogP contribution in [0.1, 0.15) is 17.0 Å². The number of benzene rings is 1. The van der Waals surface area contributed by atoms with Crippen LogP contribution in [0.4, 0.5) is 0 Å². The van der Waals surface area contributed by atoms with Crippen LogP contribution in [-0.4, -0.2) is 14.8 Å². The molecule has 0 unspecified atom stereocenters. The van der Waals surface area contributed by atoms with Crippen LogP contribution in [0.15, 0.2) is 29.2 Å². The predicted molar refractivity (Wildman–Crippen MR) is 102 cm³/mol. The van der Waals surface area contributed by atoms with E-state index in [4.69, 9.17) is 35.4 Å². The zero-order chi connectivity index (χ0) is 16.7. The summed E-state index contributed by atoms with van der Waals surface area (Å²) >= 11 is 18.7. The quantitative estimate of drug-likeness (QED) is 0.592. The number of carbonyl (C=O) groups is 1. The summed E-state index contributed by atoms with van der Waals surface area (Å²) < 4.78 is 2.50. The second-order valence-corrected chi connectivity index (χ2v) is 7.67. The number of rotatable bonds is 2. The highest BCUT2D eigenvalue weighted by molar-refractivity contribution is 8.26. The number of aryl methyl sites for hydroxylation is 1. The van der Waals surface area contributed by atoms with E-state index in [0.29, 0.717) is 19.3 Å². The van der Waals surface area contributed by atoms with E-state index in [1.807, 2.05) is 36.6 Å². The van der Waals surface area contributed by atoms with Crippen molar-refractivity contribution >= 4 is 63.5 Å². The molecule has 7 heteroatoms. The Morgan fingerprint density at radius 1 is 1.26 bits per heavy atom. The van der Waals surface area contributed by atoms with Crippen LogP contribution < -0.4 is 5.32 Å². The highest BCUT2D eigenvalue weighted by Crippen LogP contribution is 2.32. The van der Waals surface area contributed by atoms with Gasteiger partial charge in [0.2, 0.25) is 0 Å². The largest absolute Gasteiger partial charge is 0.316 e. The van der Waals surface area contributed by atoms with Gasteiger partial charge in [-0.25, -0.2) is 0 Å². The van der Waals surface area contributed by atoms with Crippen LogP contribution in [0.25, 0.3) is 11.8 Å². The molecule has 2 aromatic rings. The zero-order valence-corrected chi connectivity index (χ0v) is 15.5. The molecule has 0 radical (unpaired) electrons. The molecule has 1 aromatic heterocycles. The Hall–Kier alpha value is -1.27. The summed E-state index contributed by atoms with van der Waals surface area (Å²) in [4.78, 5) is 12.4. The van der Waals surface area contributed by atoms with Crippen molar-refractivity contribution in [2.24, 2.45) is 0 Å². The molecule has 3 nitrogen and oxygen atoms in total. The van der Waals surface area contributed by atoms with E-state index >= 15 is 0 Å². The summed E-state index contributed by atoms with van der Waals surface area (Å²) in [7, 11) is 0. The normalized spacial score (nSPS) is 16.3. The molecule has 1 N–H and O–H groups in total. The van der Waals surface area contributed by atoms with Crippen LogP contribution in [0.2, 0.25) is 10.0 Å². The Labute approximate surface area is 153 Å². The molecule has 2 heterocycles. The summed E-state index contributed by atoms with van der Waals surface area (Å²) in [5, 5.41) is 3.85. The lowest BCUT2D eigenvalue weighted by Crippen LogP contribution is -2.17. The van der Waals surface area contributed by atoms with Gasteiger partial charge < -0.3 is 9.88 Å². The summed E-state index contributed by atoms with van der Waals surface area (Å²) in [6.45, 7) is 3.96. The lowest BCUT2D eigenvalue weighted by Gasteiger charge is -2.12. The molecule has 3 rings (SSSR count). The van der Waals surface area contributed by atoms with Gasteiger partial charge in [0, 0.05) is 16.4 Å². The van der Waals surface area contributed by atoms with E-state index in [-0.39, 0.29) is 5.91 Å². The number of nitrogens with zero attached hydrogens (tertiary/aromatic N) is 1. The van der Waals surface area contributed by atoms with Crippen LogP contribution in [0.3, 0.4) is 0 Å². The number of nitrogens with one attached hydrogen (secondary N) is 1. The maximum atomic E-state index is 11.8. The fourth-order valence-corrected chi connectivity index (χ4v) is 3.93. The highest BCUT2D eigenvalue weighted by Gasteiger charge is 2.23. The van der Waals surface area contributed by atoms with Gasteiger partial charge in [-0.2, -0.15) is 0 Å². The van der Waals surface area contributed by atoms with Gasteiger partial charge in [-0.15, -0.1) is 0 Å². The fraction of sp³-hybridized carbons (Fsp3) is 0.125. The van der Waals surface area contributed by atoms with Crippen LogP contribution in [0, 0.1) is 13.8 Å². The Balaban J connectivity index is 2.10. The first-order valence-electron chi connectivity index (χ1n) is 6.76. The van der Waals surface area contributed by atoms with Crippen LogP contribution in [0.5, 0.6) is 0 Å². The lowest BCUT2D eigenvalue weighted by atomic mass is 10.2. The zero-order valence-electron chi connectivity index (χ0n) is 12.3. The number of hydrogen-bond acceptors (Lipinski definition) is 3. The Kier molecular flexibility index (Phi) is 4.56. The van der Waals surface area contributed by atoms with Crippen LogP contribution >= 0.6 is 47.2 Å². The van der Waals surface area contributed by atoms with Crippen LogP contribution in [-0.2, 0) is 4.79 Å². The summed E-state index contributed by atoms with van der Waals surface area (Å²) in [5.74, 6) is -0.161. The van der Waals surface area contributed by atoms with E-state index < -0.39 is 0 Å². The minimum atomic E-state index is -0.161. The average Bonchev–Trinajstić information content (AvgIpc) is 2.93. The van der Waals surface area contributed by atoms with Crippen molar-refractivity contribution in [3.63, 3.8) is 0 Å². The van der Waals surface area contributed by atoms with Crippen molar-refractivity contribution < 1.29 is 4.79 Å². The number of thiocarbonyl (C=S) groups is 1. The van der Waals surface area contributed by atoms with Crippen molar-refractivity contribution in [1.82, 2.24) is 9.88 Å². The minimum Gasteiger partial charge on any atom is -0.316 e. The molecule has 0 bridgehead atoms. The van der Waals surface area contributed by atoms with E-state index in [1.165, 1.54) is 11.8 Å². The molecule has 23 heavy (non-hydrogen) atoms. The van der Waals surface area contributed by atoms with Crippen molar-refractivity contribution in [3.8, 4) is 5.69 Å². The van der Waals surface area contributed by atoms with E-state index in [9.17, 15) is 4.79 Å². The second-order valence-electron chi connectivity index (χ2n) is 5.11. The van der Waals surface area contributed by atoms with E-state index in [0.717, 1.165) is 22.6 Å². The molecule has 1 saturated heterocycles. The first-order valence-corrected chi connectivity index (χ1v) is 8.74. The third-order valence-electron chi connectivity index (χ3n) is 3.55. The molecule has 1 aromatic carbocycles. The third kappa shape index (κ3) is 3.19. The topological polar surface area (TPSA) is 34.0 Å². The van der Waals surface area contributed by atoms with Gasteiger partial charge in [0.1, 0.15) is 4.32 Å². The maximum absolute atomic E-state index is 11.8. The van der Waals surface area contributed by atoms with Gasteiger partial charge in [-0.1, -0.05) is 47.2 Å². The molecule has 1 aliphatic rings. The molecule has 0 saturated carbocycles. The van der Waals surface area contributed by atoms with Crippen molar-refractivity contribution in [1.29, 1.82) is 0 Å². The average molecular weight is 383 g/mol. The molecule has 118 valence electrons. The van der Waals surface area contributed by atoms with Gasteiger partial charge in [-0.3, -0.25) is 4.79 Å². The number of amides is 1. The van der Waals surface area contributed by atoms with Gasteiger partial charge in [-0.05, 0) is 49.8 Å².